The zero-order valence-corrected chi connectivity index (χ0v) is 26.9. The minimum atomic E-state index is -4.60. The summed E-state index contributed by atoms with van der Waals surface area (Å²) in [7, 11) is 1.60. The number of nitrogens with zero attached hydrogens (tertiary/aromatic N) is 3. The molecule has 16 heteroatoms. The predicted molar refractivity (Wildman–Crippen MR) is 168 cm³/mol. The summed E-state index contributed by atoms with van der Waals surface area (Å²) in [6.45, 7) is 8.46. The van der Waals surface area contributed by atoms with Crippen molar-refractivity contribution in [2.75, 3.05) is 11.9 Å². The van der Waals surface area contributed by atoms with Crippen molar-refractivity contribution in [2.24, 2.45) is 17.5 Å². The number of carbonyl (C=O) groups excluding carboxylic acids is 2. The van der Waals surface area contributed by atoms with Gasteiger partial charge in [0.1, 0.15) is 18.2 Å². The molecule has 0 saturated carbocycles. The van der Waals surface area contributed by atoms with E-state index in [-0.39, 0.29) is 56.8 Å². The van der Waals surface area contributed by atoms with Gasteiger partial charge in [-0.15, -0.1) is 0 Å². The molecule has 0 aliphatic rings. The summed E-state index contributed by atoms with van der Waals surface area (Å²) in [4.78, 5) is 33.5. The van der Waals surface area contributed by atoms with Crippen molar-refractivity contribution in [3.63, 3.8) is 0 Å². The van der Waals surface area contributed by atoms with Crippen molar-refractivity contribution in [2.45, 2.75) is 46.8 Å². The Morgan fingerprint density at radius 1 is 1.15 bits per heavy atom. The molecule has 9 nitrogen and oxygen atoms in total. The summed E-state index contributed by atoms with van der Waals surface area (Å²) in [6, 6.07) is 5.81. The van der Waals surface area contributed by atoms with Crippen LogP contribution >= 0.6 is 23.2 Å². The molecule has 2 amide bonds. The molecule has 1 aromatic heterocycles. The van der Waals surface area contributed by atoms with E-state index in [0.717, 1.165) is 13.0 Å². The van der Waals surface area contributed by atoms with E-state index in [9.17, 15) is 31.5 Å². The molecule has 0 saturated heterocycles. The monoisotopic (exact) mass is 688 g/mol. The lowest BCUT2D eigenvalue weighted by Crippen LogP contribution is -2.34. The van der Waals surface area contributed by atoms with Gasteiger partial charge in [0.2, 0.25) is 11.9 Å². The molecule has 248 valence electrons. The van der Waals surface area contributed by atoms with Gasteiger partial charge >= 0.3 is 6.18 Å². The number of aromatic nitrogens is 2. The van der Waals surface area contributed by atoms with Crippen LogP contribution in [-0.4, -0.2) is 47.3 Å². The van der Waals surface area contributed by atoms with Gasteiger partial charge in [0.05, 0.1) is 32.3 Å². The highest BCUT2D eigenvalue weighted by Crippen LogP contribution is 2.37. The van der Waals surface area contributed by atoms with Gasteiger partial charge in [-0.2, -0.15) is 13.2 Å². The Morgan fingerprint density at radius 3 is 2.41 bits per heavy atom. The second kappa shape index (κ2) is 14.5. The van der Waals surface area contributed by atoms with Crippen LogP contribution in [0.15, 0.2) is 52.8 Å². The van der Waals surface area contributed by atoms with Crippen LogP contribution in [0.2, 0.25) is 10.0 Å². The summed E-state index contributed by atoms with van der Waals surface area (Å²) in [5.41, 5.74) is -0.437. The highest BCUT2D eigenvalue weighted by Gasteiger charge is 2.29. The van der Waals surface area contributed by atoms with Crippen molar-refractivity contribution in [3.05, 3.63) is 69.0 Å². The average Bonchev–Trinajstić information content (AvgIpc) is 3.27. The van der Waals surface area contributed by atoms with E-state index < -0.39 is 36.1 Å². The lowest BCUT2D eigenvalue weighted by atomic mass is 9.95. The molecule has 3 N–H and O–H groups in total. The van der Waals surface area contributed by atoms with E-state index in [4.69, 9.17) is 27.9 Å². The molecule has 2 aromatic carbocycles. The first-order valence-corrected chi connectivity index (χ1v) is 14.3. The minimum Gasteiger partial charge on any atom is -0.487 e. The molecule has 0 atom stereocenters. The number of allylic oxidation sites excluding steroid dienone is 3. The number of carbonyl (C=O) groups is 2. The molecular formula is C30H31Cl2F5N6O3. The van der Waals surface area contributed by atoms with E-state index in [2.05, 4.69) is 32.6 Å². The van der Waals surface area contributed by atoms with Gasteiger partial charge < -0.3 is 25.3 Å². The summed E-state index contributed by atoms with van der Waals surface area (Å²) < 4.78 is 71.5. The largest absolute Gasteiger partial charge is 0.487 e. The van der Waals surface area contributed by atoms with Gasteiger partial charge in [-0.1, -0.05) is 56.1 Å². The third kappa shape index (κ3) is 8.97. The number of amides is 2. The number of aryl methyl sites for hydroxylation is 1. The number of alkyl halides is 5. The summed E-state index contributed by atoms with van der Waals surface area (Å²) in [5.74, 6) is -1.52. The SMILES string of the molecule is C=N/C(=C\C=C(/C)C(F)(F)F)NC(=O)c1cc2nc(Nc3c(Cl)ccc(CNC(=O)C(C)(C)C)c3Cl)n(C)c2cc1OCC(F)F. The quantitative estimate of drug-likeness (QED) is 0.109. The highest BCUT2D eigenvalue weighted by molar-refractivity contribution is 6.39. The topological polar surface area (TPSA) is 110 Å². The Labute approximate surface area is 271 Å². The molecule has 0 bridgehead atoms. The number of nitrogens with one attached hydrogen (secondary N) is 3. The van der Waals surface area contributed by atoms with E-state index in [0.29, 0.717) is 17.2 Å². The van der Waals surface area contributed by atoms with E-state index in [1.54, 1.807) is 40.0 Å². The smallest absolute Gasteiger partial charge is 0.412 e. The molecule has 0 aliphatic carbocycles. The normalized spacial score (nSPS) is 12.8. The van der Waals surface area contributed by atoms with Gasteiger partial charge in [-0.3, -0.25) is 9.59 Å². The number of hydrogen-bond donors (Lipinski definition) is 3. The van der Waals surface area contributed by atoms with Crippen LogP contribution in [0, 0.1) is 5.41 Å². The van der Waals surface area contributed by atoms with Gasteiger partial charge in [0, 0.05) is 30.6 Å². The van der Waals surface area contributed by atoms with Crippen LogP contribution in [-0.2, 0) is 18.4 Å². The number of anilines is 2. The van der Waals surface area contributed by atoms with Crippen molar-refractivity contribution >= 4 is 64.4 Å². The van der Waals surface area contributed by atoms with Gasteiger partial charge in [0.15, 0.2) is 0 Å². The number of halogens is 7. The number of ether oxygens (including phenoxy) is 1. The van der Waals surface area contributed by atoms with E-state index in [1.807, 2.05) is 0 Å². The second-order valence-electron chi connectivity index (χ2n) is 11.0. The van der Waals surface area contributed by atoms with E-state index in [1.165, 1.54) is 16.7 Å². The fourth-order valence-electron chi connectivity index (χ4n) is 3.80. The van der Waals surface area contributed by atoms with Crippen LogP contribution in [0.1, 0.15) is 43.6 Å². The Hall–Kier alpha value is -4.17. The predicted octanol–water partition coefficient (Wildman–Crippen LogP) is 7.71. The molecule has 3 rings (SSSR count). The first-order chi connectivity index (χ1) is 21.3. The number of imidazole rings is 1. The molecule has 46 heavy (non-hydrogen) atoms. The average molecular weight is 690 g/mol. The van der Waals surface area contributed by atoms with E-state index >= 15 is 0 Å². The highest BCUT2D eigenvalue weighted by atomic mass is 35.5. The minimum absolute atomic E-state index is 0.119. The first kappa shape index (κ1) is 36.3. The summed E-state index contributed by atoms with van der Waals surface area (Å²) in [5, 5.41) is 8.59. The maximum absolute atomic E-state index is 13.2. The Balaban J connectivity index is 2.01. The van der Waals surface area contributed by atoms with Crippen LogP contribution < -0.4 is 20.7 Å². The summed E-state index contributed by atoms with van der Waals surface area (Å²) in [6.07, 6.45) is -5.88. The summed E-state index contributed by atoms with van der Waals surface area (Å²) >= 11 is 13.1. The number of benzene rings is 2. The number of rotatable bonds is 11. The van der Waals surface area contributed by atoms with Crippen molar-refractivity contribution in [1.82, 2.24) is 20.2 Å². The van der Waals surface area contributed by atoms with Crippen LogP contribution in [0.25, 0.3) is 11.0 Å². The molecule has 3 aromatic rings. The van der Waals surface area contributed by atoms with Crippen LogP contribution in [0.5, 0.6) is 5.75 Å². The molecule has 0 fully saturated rings. The number of hydrogen-bond acceptors (Lipinski definition) is 6. The number of fused-ring (bicyclic) bond motifs is 1. The van der Waals surface area contributed by atoms with Gasteiger partial charge in [-0.05, 0) is 37.4 Å². The maximum Gasteiger partial charge on any atom is 0.412 e. The van der Waals surface area contributed by atoms with Crippen molar-refractivity contribution < 1.29 is 36.3 Å². The fourth-order valence-corrected chi connectivity index (χ4v) is 4.33. The second-order valence-corrected chi connectivity index (χ2v) is 11.8. The molecule has 0 spiro atoms. The molecule has 0 unspecified atom stereocenters. The maximum atomic E-state index is 13.2. The van der Waals surface area contributed by atoms with Crippen LogP contribution in [0.4, 0.5) is 33.6 Å². The Kier molecular flexibility index (Phi) is 11.4. The van der Waals surface area contributed by atoms with Crippen molar-refractivity contribution in [1.29, 1.82) is 0 Å². The Bertz CT molecular complexity index is 1710. The lowest BCUT2D eigenvalue weighted by molar-refractivity contribution is -0.128. The number of aliphatic imine (C=N–C) groups is 1. The first-order valence-electron chi connectivity index (χ1n) is 13.5. The molecule has 0 radical (unpaired) electrons. The van der Waals surface area contributed by atoms with Crippen LogP contribution in [0.3, 0.4) is 0 Å². The van der Waals surface area contributed by atoms with Gasteiger partial charge in [-0.25, -0.2) is 18.8 Å². The third-order valence-electron chi connectivity index (χ3n) is 6.47. The van der Waals surface area contributed by atoms with Gasteiger partial charge in [0.25, 0.3) is 12.3 Å². The molecule has 0 aliphatic heterocycles. The Morgan fingerprint density at radius 2 is 1.83 bits per heavy atom. The zero-order chi connectivity index (χ0) is 34.6. The lowest BCUT2D eigenvalue weighted by Gasteiger charge is -2.19. The van der Waals surface area contributed by atoms with Crippen molar-refractivity contribution in [3.8, 4) is 5.75 Å². The third-order valence-corrected chi connectivity index (χ3v) is 7.22. The zero-order valence-electron chi connectivity index (χ0n) is 25.4. The fraction of sp³-hybridized carbons (Fsp3) is 0.333. The molecule has 1 heterocycles. The molecular weight excluding hydrogens is 658 g/mol. The standard InChI is InChI=1S/C30H31Cl2F5N6O3/c1-15(30(35,36)37)7-10-23(38-5)41-26(44)17-11-19-20(12-21(17)46-14-22(33)34)43(6)28(40-19)42-25-18(31)9-8-16(24(25)32)13-39-27(45)29(2,3)4/h7-12,22H,5,13-14H2,1-4,6H3,(H,39,45)(H,40,42)(H,41,44)/b15-7+,23-10+.